The highest BCUT2D eigenvalue weighted by Gasteiger charge is 2.51. The van der Waals surface area contributed by atoms with Crippen LogP contribution in [0.3, 0.4) is 0 Å². The average Bonchev–Trinajstić information content (AvgIpc) is 3.36. The molecule has 166 valence electrons. The second kappa shape index (κ2) is 7.65. The SMILES string of the molecule is O=C(c1cc(Nc2ccc3c(c2)CC2(C3)C(=O)Nc3ncccc32)ncn1)N1CCCCC1. The minimum atomic E-state index is -0.590. The maximum atomic E-state index is 12.9. The van der Waals surface area contributed by atoms with Crippen LogP contribution >= 0.6 is 0 Å². The van der Waals surface area contributed by atoms with E-state index in [1.54, 1.807) is 12.3 Å². The Balaban J connectivity index is 1.23. The van der Waals surface area contributed by atoms with Gasteiger partial charge in [-0.1, -0.05) is 12.1 Å². The zero-order chi connectivity index (χ0) is 22.4. The first-order valence-electron chi connectivity index (χ1n) is 11.4. The topological polar surface area (TPSA) is 100 Å². The predicted molar refractivity (Wildman–Crippen MR) is 123 cm³/mol. The molecule has 1 saturated heterocycles. The third-order valence-electron chi connectivity index (χ3n) is 6.98. The van der Waals surface area contributed by atoms with Gasteiger partial charge < -0.3 is 15.5 Å². The lowest BCUT2D eigenvalue weighted by Crippen LogP contribution is -2.36. The number of carbonyl (C=O) groups excluding carboxylic acids is 2. The zero-order valence-corrected chi connectivity index (χ0v) is 18.2. The van der Waals surface area contributed by atoms with E-state index >= 15 is 0 Å². The van der Waals surface area contributed by atoms with E-state index in [1.807, 2.05) is 23.1 Å². The third-order valence-corrected chi connectivity index (χ3v) is 6.98. The Morgan fingerprint density at radius 3 is 2.73 bits per heavy atom. The first-order valence-corrected chi connectivity index (χ1v) is 11.4. The zero-order valence-electron chi connectivity index (χ0n) is 18.2. The van der Waals surface area contributed by atoms with Crippen LogP contribution in [0.15, 0.2) is 48.9 Å². The molecule has 1 spiro atoms. The number of carbonyl (C=O) groups is 2. The van der Waals surface area contributed by atoms with Crippen molar-refractivity contribution in [3.63, 3.8) is 0 Å². The highest BCUT2D eigenvalue weighted by molar-refractivity contribution is 6.06. The van der Waals surface area contributed by atoms with Crippen molar-refractivity contribution in [2.75, 3.05) is 23.7 Å². The summed E-state index contributed by atoms with van der Waals surface area (Å²) in [7, 11) is 0. The van der Waals surface area contributed by atoms with Crippen LogP contribution < -0.4 is 10.6 Å². The molecule has 0 saturated carbocycles. The molecule has 1 atom stereocenters. The smallest absolute Gasteiger partial charge is 0.272 e. The molecule has 6 rings (SSSR count). The molecule has 3 aromatic rings. The van der Waals surface area contributed by atoms with Crippen LogP contribution in [0.5, 0.6) is 0 Å². The van der Waals surface area contributed by atoms with Gasteiger partial charge in [0.2, 0.25) is 5.91 Å². The molecular weight excluding hydrogens is 416 g/mol. The van der Waals surface area contributed by atoms with Crippen LogP contribution in [0.4, 0.5) is 17.3 Å². The van der Waals surface area contributed by atoms with Gasteiger partial charge in [-0.05, 0) is 61.4 Å². The van der Waals surface area contributed by atoms with E-state index in [1.165, 1.54) is 12.7 Å². The molecule has 2 amide bonds. The molecule has 3 aliphatic rings. The fourth-order valence-corrected chi connectivity index (χ4v) is 5.29. The van der Waals surface area contributed by atoms with E-state index in [2.05, 4.69) is 37.7 Å². The number of fused-ring (bicyclic) bond motifs is 3. The van der Waals surface area contributed by atoms with Gasteiger partial charge in [0.25, 0.3) is 5.91 Å². The van der Waals surface area contributed by atoms with Gasteiger partial charge in [0.05, 0.1) is 5.41 Å². The quantitative estimate of drug-likeness (QED) is 0.649. The summed E-state index contributed by atoms with van der Waals surface area (Å²) in [6, 6.07) is 11.7. The summed E-state index contributed by atoms with van der Waals surface area (Å²) in [6.07, 6.45) is 7.67. The minimum absolute atomic E-state index is 0.0126. The maximum Gasteiger partial charge on any atom is 0.272 e. The van der Waals surface area contributed by atoms with Crippen molar-refractivity contribution < 1.29 is 9.59 Å². The van der Waals surface area contributed by atoms with Gasteiger partial charge in [0.15, 0.2) is 0 Å². The van der Waals surface area contributed by atoms with Gasteiger partial charge >= 0.3 is 0 Å². The lowest BCUT2D eigenvalue weighted by Gasteiger charge is -2.26. The van der Waals surface area contributed by atoms with Crippen molar-refractivity contribution in [2.45, 2.75) is 37.5 Å². The lowest BCUT2D eigenvalue weighted by atomic mass is 9.79. The van der Waals surface area contributed by atoms with Gasteiger partial charge in [-0.25, -0.2) is 15.0 Å². The molecule has 8 nitrogen and oxygen atoms in total. The van der Waals surface area contributed by atoms with E-state index in [-0.39, 0.29) is 11.8 Å². The fourth-order valence-electron chi connectivity index (χ4n) is 5.29. The molecule has 0 radical (unpaired) electrons. The van der Waals surface area contributed by atoms with Crippen molar-refractivity contribution in [2.24, 2.45) is 0 Å². The maximum absolute atomic E-state index is 12.9. The molecule has 2 aromatic heterocycles. The van der Waals surface area contributed by atoms with Crippen molar-refractivity contribution >= 4 is 29.1 Å². The second-order valence-corrected chi connectivity index (χ2v) is 9.04. The number of amides is 2. The van der Waals surface area contributed by atoms with E-state index in [0.29, 0.717) is 30.2 Å². The molecule has 2 N–H and O–H groups in total. The first-order chi connectivity index (χ1) is 16.1. The number of piperidine rings is 1. The Morgan fingerprint density at radius 2 is 1.85 bits per heavy atom. The van der Waals surface area contributed by atoms with Crippen LogP contribution in [-0.2, 0) is 23.1 Å². The van der Waals surface area contributed by atoms with Gasteiger partial charge in [0, 0.05) is 36.6 Å². The Morgan fingerprint density at radius 1 is 1.00 bits per heavy atom. The van der Waals surface area contributed by atoms with E-state index < -0.39 is 5.41 Å². The number of pyridine rings is 1. The highest BCUT2D eigenvalue weighted by Crippen LogP contribution is 2.47. The number of rotatable bonds is 3. The van der Waals surface area contributed by atoms with E-state index in [9.17, 15) is 9.59 Å². The number of aromatic nitrogens is 3. The molecular formula is C25H24N6O2. The summed E-state index contributed by atoms with van der Waals surface area (Å²) in [5, 5.41) is 6.25. The molecule has 1 fully saturated rings. The number of hydrogen-bond acceptors (Lipinski definition) is 6. The van der Waals surface area contributed by atoms with E-state index in [4.69, 9.17) is 0 Å². The summed E-state index contributed by atoms with van der Waals surface area (Å²) < 4.78 is 0. The van der Waals surface area contributed by atoms with Crippen LogP contribution in [-0.4, -0.2) is 44.8 Å². The number of anilines is 3. The predicted octanol–water partition coefficient (Wildman–Crippen LogP) is 3.23. The Labute approximate surface area is 191 Å². The Kier molecular flexibility index (Phi) is 4.60. The minimum Gasteiger partial charge on any atom is -0.340 e. The number of nitrogens with one attached hydrogen (secondary N) is 2. The van der Waals surface area contributed by atoms with Gasteiger partial charge in [-0.3, -0.25) is 9.59 Å². The van der Waals surface area contributed by atoms with Crippen LogP contribution in [0.2, 0.25) is 0 Å². The van der Waals surface area contributed by atoms with Gasteiger partial charge in [0.1, 0.15) is 23.7 Å². The van der Waals surface area contributed by atoms with Gasteiger partial charge in [-0.2, -0.15) is 0 Å². The molecule has 8 heteroatoms. The molecule has 1 unspecified atom stereocenters. The van der Waals surface area contributed by atoms with Crippen molar-refractivity contribution in [1.29, 1.82) is 0 Å². The molecule has 0 bridgehead atoms. The summed E-state index contributed by atoms with van der Waals surface area (Å²) in [6.45, 7) is 1.56. The molecule has 4 heterocycles. The number of benzene rings is 1. The highest BCUT2D eigenvalue weighted by atomic mass is 16.2. The summed E-state index contributed by atoms with van der Waals surface area (Å²) in [5.41, 5.74) is 3.94. The largest absolute Gasteiger partial charge is 0.340 e. The number of likely N-dealkylation sites (tertiary alicyclic amines) is 1. The van der Waals surface area contributed by atoms with Gasteiger partial charge in [-0.15, -0.1) is 0 Å². The Bertz CT molecular complexity index is 1270. The van der Waals surface area contributed by atoms with Crippen molar-refractivity contribution in [1.82, 2.24) is 19.9 Å². The van der Waals surface area contributed by atoms with Crippen molar-refractivity contribution in [3.05, 3.63) is 71.3 Å². The molecule has 33 heavy (non-hydrogen) atoms. The standard InChI is InChI=1S/C25H24N6O2/c32-23(31-9-2-1-3-10-31)20-12-21(28-15-27-20)29-18-7-6-16-13-25(14-17(16)11-18)19-5-4-8-26-22(19)30-24(25)33/h4-8,11-12,15H,1-3,9-10,13-14H2,(H,26,30,33)(H,27,28,29). The molecule has 1 aromatic carbocycles. The summed E-state index contributed by atoms with van der Waals surface area (Å²) in [5.74, 6) is 1.21. The van der Waals surface area contributed by atoms with Crippen LogP contribution in [0, 0.1) is 0 Å². The van der Waals surface area contributed by atoms with E-state index in [0.717, 1.165) is 48.3 Å². The summed E-state index contributed by atoms with van der Waals surface area (Å²) >= 11 is 0. The monoisotopic (exact) mass is 440 g/mol. The van der Waals surface area contributed by atoms with Crippen LogP contribution in [0.1, 0.15) is 46.4 Å². The lowest BCUT2D eigenvalue weighted by molar-refractivity contribution is -0.120. The van der Waals surface area contributed by atoms with Crippen molar-refractivity contribution in [3.8, 4) is 0 Å². The Hall–Kier alpha value is -3.81. The molecule has 2 aliphatic heterocycles. The molecule has 1 aliphatic carbocycles. The average molecular weight is 441 g/mol. The number of nitrogens with zero attached hydrogens (tertiary/aromatic N) is 4. The fraction of sp³-hybridized carbons (Fsp3) is 0.320. The van der Waals surface area contributed by atoms with Crippen LogP contribution in [0.25, 0.3) is 0 Å². The normalized spacial score (nSPS) is 21.0. The number of hydrogen-bond donors (Lipinski definition) is 2. The first kappa shape index (κ1) is 19.8. The second-order valence-electron chi connectivity index (χ2n) is 9.04. The summed E-state index contributed by atoms with van der Waals surface area (Å²) in [4.78, 5) is 40.4. The third kappa shape index (κ3) is 3.33.